The van der Waals surface area contributed by atoms with Gasteiger partial charge in [-0.15, -0.1) is 0 Å². The van der Waals surface area contributed by atoms with E-state index in [0.29, 0.717) is 28.5 Å². The molecular weight excluding hydrogens is 380 g/mol. The predicted octanol–water partition coefficient (Wildman–Crippen LogP) is 2.31. The zero-order chi connectivity index (χ0) is 21.6. The molecule has 0 saturated heterocycles. The molecule has 2 amide bonds. The lowest BCUT2D eigenvalue weighted by Gasteiger charge is -2.29. The number of carbonyl (C=O) groups excluding carboxylic acids is 2. The van der Waals surface area contributed by atoms with Crippen LogP contribution in [0.4, 0.5) is 4.79 Å². The fourth-order valence-corrected chi connectivity index (χ4v) is 2.98. The molecule has 1 aliphatic heterocycles. The molecule has 1 unspecified atom stereocenters. The SMILES string of the molecule is COc1cc(C2NC(=O)NC(C)=C2C(=O)OCCOC(C)C)cc(OC)c1OC. The van der Waals surface area contributed by atoms with Crippen LogP contribution in [0.2, 0.25) is 0 Å². The van der Waals surface area contributed by atoms with Crippen LogP contribution in [0.1, 0.15) is 32.4 Å². The molecule has 0 radical (unpaired) electrons. The maximum Gasteiger partial charge on any atom is 0.338 e. The third-order valence-electron chi connectivity index (χ3n) is 4.28. The van der Waals surface area contributed by atoms with Crippen molar-refractivity contribution in [1.82, 2.24) is 10.6 Å². The van der Waals surface area contributed by atoms with Gasteiger partial charge in [-0.1, -0.05) is 0 Å². The summed E-state index contributed by atoms with van der Waals surface area (Å²) in [5.74, 6) is 0.673. The molecular formula is C20H28N2O7. The van der Waals surface area contributed by atoms with Crippen molar-refractivity contribution in [1.29, 1.82) is 0 Å². The van der Waals surface area contributed by atoms with Crippen LogP contribution in [-0.2, 0) is 14.3 Å². The smallest absolute Gasteiger partial charge is 0.338 e. The lowest BCUT2D eigenvalue weighted by atomic mass is 9.95. The van der Waals surface area contributed by atoms with Gasteiger partial charge in [0, 0.05) is 5.70 Å². The number of urea groups is 1. The third-order valence-corrected chi connectivity index (χ3v) is 4.28. The minimum absolute atomic E-state index is 0.0391. The molecule has 1 aliphatic rings. The summed E-state index contributed by atoms with van der Waals surface area (Å²) in [4.78, 5) is 24.8. The Kier molecular flexibility index (Phi) is 7.72. The van der Waals surface area contributed by atoms with Crippen LogP contribution in [-0.4, -0.2) is 52.6 Å². The quantitative estimate of drug-likeness (QED) is 0.477. The van der Waals surface area contributed by atoms with Crippen LogP contribution in [0.25, 0.3) is 0 Å². The second-order valence-electron chi connectivity index (χ2n) is 6.58. The number of ether oxygens (including phenoxy) is 5. The topological polar surface area (TPSA) is 104 Å². The maximum atomic E-state index is 12.8. The normalized spacial score (nSPS) is 16.2. The van der Waals surface area contributed by atoms with E-state index < -0.39 is 18.0 Å². The largest absolute Gasteiger partial charge is 0.493 e. The zero-order valence-corrected chi connectivity index (χ0v) is 17.6. The highest BCUT2D eigenvalue weighted by Gasteiger charge is 2.33. The second-order valence-corrected chi connectivity index (χ2v) is 6.58. The predicted molar refractivity (Wildman–Crippen MR) is 105 cm³/mol. The molecule has 1 aromatic carbocycles. The molecule has 1 aromatic rings. The van der Waals surface area contributed by atoms with Gasteiger partial charge in [-0.05, 0) is 38.5 Å². The number of carbonyl (C=O) groups is 2. The highest BCUT2D eigenvalue weighted by Crippen LogP contribution is 2.41. The van der Waals surface area contributed by atoms with Gasteiger partial charge in [0.2, 0.25) is 5.75 Å². The van der Waals surface area contributed by atoms with Crippen molar-refractivity contribution < 1.29 is 33.3 Å². The van der Waals surface area contributed by atoms with Crippen molar-refractivity contribution >= 4 is 12.0 Å². The highest BCUT2D eigenvalue weighted by atomic mass is 16.6. The highest BCUT2D eigenvalue weighted by molar-refractivity contribution is 5.95. The van der Waals surface area contributed by atoms with Gasteiger partial charge in [0.15, 0.2) is 11.5 Å². The lowest BCUT2D eigenvalue weighted by molar-refractivity contribution is -0.141. The Hall–Kier alpha value is -2.94. The van der Waals surface area contributed by atoms with E-state index in [1.54, 1.807) is 19.1 Å². The number of amides is 2. The Balaban J connectivity index is 2.37. The number of rotatable bonds is 9. The molecule has 1 atom stereocenters. The molecule has 9 heteroatoms. The van der Waals surface area contributed by atoms with Crippen molar-refractivity contribution in [2.75, 3.05) is 34.5 Å². The van der Waals surface area contributed by atoms with Crippen molar-refractivity contribution in [3.8, 4) is 17.2 Å². The molecule has 2 rings (SSSR count). The number of methoxy groups -OCH3 is 3. The average Bonchev–Trinajstić information content (AvgIpc) is 2.68. The van der Waals surface area contributed by atoms with Crippen LogP contribution in [0.5, 0.6) is 17.2 Å². The minimum Gasteiger partial charge on any atom is -0.493 e. The summed E-state index contributed by atoms with van der Waals surface area (Å²) in [7, 11) is 4.48. The van der Waals surface area contributed by atoms with Gasteiger partial charge in [-0.2, -0.15) is 0 Å². The molecule has 0 bridgehead atoms. The Morgan fingerprint density at radius 2 is 1.69 bits per heavy atom. The van der Waals surface area contributed by atoms with Crippen molar-refractivity contribution in [3.05, 3.63) is 29.0 Å². The van der Waals surface area contributed by atoms with Gasteiger partial charge in [0.1, 0.15) is 6.61 Å². The lowest BCUT2D eigenvalue weighted by Crippen LogP contribution is -2.45. The average molecular weight is 408 g/mol. The van der Waals surface area contributed by atoms with Gasteiger partial charge in [-0.3, -0.25) is 0 Å². The zero-order valence-electron chi connectivity index (χ0n) is 17.6. The first-order valence-electron chi connectivity index (χ1n) is 9.19. The molecule has 0 fully saturated rings. The van der Waals surface area contributed by atoms with Gasteiger partial charge < -0.3 is 34.3 Å². The summed E-state index contributed by atoms with van der Waals surface area (Å²) < 4.78 is 26.8. The molecule has 9 nitrogen and oxygen atoms in total. The van der Waals surface area contributed by atoms with E-state index in [0.717, 1.165) is 0 Å². The summed E-state index contributed by atoms with van der Waals surface area (Å²) in [6.45, 7) is 5.82. The van der Waals surface area contributed by atoms with Gasteiger partial charge in [0.05, 0.1) is 45.7 Å². The monoisotopic (exact) mass is 408 g/mol. The van der Waals surface area contributed by atoms with Crippen LogP contribution in [0, 0.1) is 0 Å². The molecule has 0 saturated carbocycles. The number of hydrogen-bond acceptors (Lipinski definition) is 7. The van der Waals surface area contributed by atoms with Crippen LogP contribution >= 0.6 is 0 Å². The van der Waals surface area contributed by atoms with E-state index in [1.807, 2.05) is 13.8 Å². The van der Waals surface area contributed by atoms with E-state index in [9.17, 15) is 9.59 Å². The first-order valence-corrected chi connectivity index (χ1v) is 9.19. The third kappa shape index (κ3) is 5.32. The Labute approximate surface area is 170 Å². The second kappa shape index (κ2) is 10.0. The van der Waals surface area contributed by atoms with E-state index in [2.05, 4.69) is 10.6 Å². The minimum atomic E-state index is -0.754. The summed E-state index contributed by atoms with van der Waals surface area (Å²) in [5.41, 5.74) is 1.27. The molecule has 0 aromatic heterocycles. The van der Waals surface area contributed by atoms with E-state index in [-0.39, 0.29) is 24.9 Å². The summed E-state index contributed by atoms with van der Waals surface area (Å²) >= 11 is 0. The standard InChI is InChI=1S/C20H28N2O7/c1-11(2)28-7-8-29-19(23)16-12(3)21-20(24)22-17(16)13-9-14(25-4)18(27-6)15(10-13)26-5/h9-11,17H,7-8H2,1-6H3,(H2,21,22,24). The Morgan fingerprint density at radius 1 is 1.07 bits per heavy atom. The molecule has 160 valence electrons. The van der Waals surface area contributed by atoms with Crippen molar-refractivity contribution in [3.63, 3.8) is 0 Å². The summed E-state index contributed by atoms with van der Waals surface area (Å²) in [5, 5.41) is 5.36. The van der Waals surface area contributed by atoms with Gasteiger partial charge in [-0.25, -0.2) is 9.59 Å². The molecule has 2 N–H and O–H groups in total. The van der Waals surface area contributed by atoms with Crippen molar-refractivity contribution in [2.45, 2.75) is 32.9 Å². The molecule has 29 heavy (non-hydrogen) atoms. The number of benzene rings is 1. The number of hydrogen-bond donors (Lipinski definition) is 2. The first kappa shape index (κ1) is 22.4. The molecule has 0 aliphatic carbocycles. The summed E-state index contributed by atoms with van der Waals surface area (Å²) in [6.07, 6.45) is 0.0391. The van der Waals surface area contributed by atoms with Crippen molar-refractivity contribution in [2.24, 2.45) is 0 Å². The van der Waals surface area contributed by atoms with Crippen LogP contribution in [0.15, 0.2) is 23.4 Å². The molecule has 1 heterocycles. The fraction of sp³-hybridized carbons (Fsp3) is 0.500. The number of esters is 1. The van der Waals surface area contributed by atoms with Gasteiger partial charge >= 0.3 is 12.0 Å². The first-order chi connectivity index (χ1) is 13.8. The Bertz CT molecular complexity index is 764. The van der Waals surface area contributed by atoms with E-state index in [4.69, 9.17) is 23.7 Å². The van der Waals surface area contributed by atoms with E-state index in [1.165, 1.54) is 21.3 Å². The van der Waals surface area contributed by atoms with Crippen LogP contribution in [0.3, 0.4) is 0 Å². The summed E-state index contributed by atoms with van der Waals surface area (Å²) in [6, 6.07) is 2.18. The number of allylic oxidation sites excluding steroid dienone is 1. The fourth-order valence-electron chi connectivity index (χ4n) is 2.98. The number of nitrogens with one attached hydrogen (secondary N) is 2. The molecule has 0 spiro atoms. The van der Waals surface area contributed by atoms with E-state index >= 15 is 0 Å². The maximum absolute atomic E-state index is 12.8. The van der Waals surface area contributed by atoms with Crippen LogP contribution < -0.4 is 24.8 Å². The van der Waals surface area contributed by atoms with Gasteiger partial charge in [0.25, 0.3) is 0 Å². The Morgan fingerprint density at radius 3 is 2.21 bits per heavy atom.